The Kier molecular flexibility index (Phi) is 6.33. The summed E-state index contributed by atoms with van der Waals surface area (Å²) in [5, 5.41) is 23.8. The summed E-state index contributed by atoms with van der Waals surface area (Å²) in [7, 11) is 0. The number of benzene rings is 1. The summed E-state index contributed by atoms with van der Waals surface area (Å²) in [4.78, 5) is 4.67. The quantitative estimate of drug-likeness (QED) is 0.494. The number of fused-ring (bicyclic) bond motifs is 2. The zero-order valence-electron chi connectivity index (χ0n) is 16.5. The molecule has 29 heavy (non-hydrogen) atoms. The number of halogens is 2. The third-order valence-electron chi connectivity index (χ3n) is 6.42. The number of anilines is 1. The molecule has 2 N–H and O–H groups in total. The molecule has 5 rings (SSSR count). The van der Waals surface area contributed by atoms with Crippen molar-refractivity contribution in [2.45, 2.75) is 56.0 Å². The number of nitrogens with zero attached hydrogens (tertiary/aromatic N) is 2. The number of nitriles is 1. The van der Waals surface area contributed by atoms with E-state index in [-0.39, 0.29) is 12.4 Å². The largest absolute Gasteiger partial charge is 0.396 e. The van der Waals surface area contributed by atoms with Gasteiger partial charge in [-0.2, -0.15) is 5.26 Å². The van der Waals surface area contributed by atoms with Gasteiger partial charge < -0.3 is 10.4 Å². The second kappa shape index (κ2) is 8.79. The lowest BCUT2D eigenvalue weighted by Crippen LogP contribution is -2.40. The summed E-state index contributed by atoms with van der Waals surface area (Å²) in [6.07, 6.45) is 7.96. The summed E-state index contributed by atoms with van der Waals surface area (Å²) >= 11 is 4.90. The van der Waals surface area contributed by atoms with Crippen LogP contribution in [0.25, 0.3) is 10.9 Å². The second-order valence-corrected chi connectivity index (χ2v) is 9.61. The van der Waals surface area contributed by atoms with E-state index in [1.54, 1.807) is 0 Å². The fourth-order valence-electron chi connectivity index (χ4n) is 4.90. The summed E-state index contributed by atoms with van der Waals surface area (Å²) in [5.74, 6) is 1.04. The van der Waals surface area contributed by atoms with Crippen LogP contribution >= 0.6 is 27.7 Å². The van der Waals surface area contributed by atoms with Gasteiger partial charge in [0.25, 0.3) is 0 Å². The Labute approximate surface area is 183 Å². The predicted octanol–water partition coefficient (Wildman–Crippen LogP) is 5.45. The first-order valence-corrected chi connectivity index (χ1v) is 12.2. The highest BCUT2D eigenvalue weighted by atomic mass is 79.9. The number of rotatable bonds is 8. The molecule has 0 aliphatic heterocycles. The minimum absolute atomic E-state index is 0.113. The van der Waals surface area contributed by atoms with Gasteiger partial charge in [0.1, 0.15) is 10.5 Å². The molecule has 4 nitrogen and oxygen atoms in total. The van der Waals surface area contributed by atoms with Gasteiger partial charge in [-0.15, -0.1) is 11.8 Å². The Hall–Kier alpha value is -1.36. The highest BCUT2D eigenvalue weighted by Crippen LogP contribution is 2.51. The van der Waals surface area contributed by atoms with E-state index in [4.69, 9.17) is 5.26 Å². The van der Waals surface area contributed by atoms with Crippen LogP contribution in [0.5, 0.6) is 0 Å². The Balaban J connectivity index is 1.89. The molecule has 0 radical (unpaired) electrons. The molecule has 3 fully saturated rings. The van der Waals surface area contributed by atoms with Crippen molar-refractivity contribution in [2.75, 3.05) is 18.2 Å². The fraction of sp³-hybridized carbons (Fsp3) is 0.545. The number of aliphatic hydroxyl groups is 1. The van der Waals surface area contributed by atoms with Gasteiger partial charge in [0, 0.05) is 35.7 Å². The minimum atomic E-state index is -0.362. The van der Waals surface area contributed by atoms with Crippen LogP contribution in [0.4, 0.5) is 10.1 Å². The van der Waals surface area contributed by atoms with Gasteiger partial charge in [-0.1, -0.05) is 0 Å². The monoisotopic (exact) mass is 477 g/mol. The summed E-state index contributed by atoms with van der Waals surface area (Å²) in [6.45, 7) is 0.113. The van der Waals surface area contributed by atoms with Crippen molar-refractivity contribution < 1.29 is 9.50 Å². The molecule has 7 heteroatoms. The summed E-state index contributed by atoms with van der Waals surface area (Å²) in [6, 6.07) is 4.58. The lowest BCUT2D eigenvalue weighted by molar-refractivity contribution is 0.262. The van der Waals surface area contributed by atoms with Crippen molar-refractivity contribution in [1.82, 2.24) is 4.98 Å². The molecule has 2 atom stereocenters. The fourth-order valence-corrected chi connectivity index (χ4v) is 6.03. The average molecular weight is 478 g/mol. The third kappa shape index (κ3) is 3.75. The highest BCUT2D eigenvalue weighted by Gasteiger charge is 2.47. The van der Waals surface area contributed by atoms with Gasteiger partial charge in [-0.05, 0) is 84.2 Å². The number of hydrogen-bond acceptors (Lipinski definition) is 5. The van der Waals surface area contributed by atoms with Crippen molar-refractivity contribution in [1.29, 1.82) is 5.26 Å². The van der Waals surface area contributed by atoms with E-state index in [1.807, 2.05) is 12.3 Å². The molecule has 2 bridgehead atoms. The second-order valence-electron chi connectivity index (χ2n) is 8.02. The Bertz CT molecular complexity index is 963. The van der Waals surface area contributed by atoms with Crippen molar-refractivity contribution in [2.24, 2.45) is 11.8 Å². The Morgan fingerprint density at radius 3 is 2.76 bits per heavy atom. The molecule has 0 amide bonds. The number of aromatic nitrogens is 1. The molecule has 3 aliphatic carbocycles. The van der Waals surface area contributed by atoms with E-state index in [9.17, 15) is 5.11 Å². The first-order valence-electron chi connectivity index (χ1n) is 10.2. The zero-order chi connectivity index (χ0) is 20.5. The number of aliphatic hydroxyl groups excluding tert-OH is 1. The zero-order valence-corrected chi connectivity index (χ0v) is 18.9. The number of pyridine rings is 1. The normalized spacial score (nSPS) is 22.5. The molecule has 2 unspecified atom stereocenters. The predicted molar refractivity (Wildman–Crippen MR) is 119 cm³/mol. The molecule has 1 aromatic carbocycles. The van der Waals surface area contributed by atoms with Crippen LogP contribution in [0.3, 0.4) is 0 Å². The summed E-state index contributed by atoms with van der Waals surface area (Å²) in [5.41, 5.74) is 3.20. The first kappa shape index (κ1) is 20.9. The maximum absolute atomic E-state index is 15.3. The van der Waals surface area contributed by atoms with Crippen LogP contribution in [0.15, 0.2) is 15.6 Å². The molecule has 0 saturated heterocycles. The first-order chi connectivity index (χ1) is 14.1. The number of hydrogen-bond donors (Lipinski definition) is 2. The molecule has 1 heterocycles. The Morgan fingerprint density at radius 2 is 2.14 bits per heavy atom. The molecule has 154 valence electrons. The van der Waals surface area contributed by atoms with Crippen molar-refractivity contribution in [3.8, 4) is 6.07 Å². The molecular weight excluding hydrogens is 453 g/mol. The number of thioether (sulfide) groups is 1. The van der Waals surface area contributed by atoms with Crippen LogP contribution in [-0.2, 0) is 12.8 Å². The standard InChI is InChI=1S/C22H25BrFN3OS/c1-29-22-15(5-3-9-28)20(26-19-13-6-7-14(19)10-13)16-11-12(4-2-8-25)17(23)18(24)21(16)27-22/h11,13-14,19,28H,2-7,9-10H2,1H3,(H,26,27). The molecule has 3 saturated carbocycles. The van der Waals surface area contributed by atoms with E-state index in [0.29, 0.717) is 53.6 Å². The highest BCUT2D eigenvalue weighted by molar-refractivity contribution is 9.10. The van der Waals surface area contributed by atoms with Gasteiger partial charge in [-0.25, -0.2) is 9.37 Å². The SMILES string of the molecule is CSc1nc2c(F)c(Br)c(CCC#N)cc2c(NC2C3CCC2C3)c1CCCO. The lowest BCUT2D eigenvalue weighted by Gasteiger charge is -2.38. The Morgan fingerprint density at radius 1 is 1.38 bits per heavy atom. The maximum atomic E-state index is 15.3. The molecule has 1 aromatic heterocycles. The molecule has 2 aromatic rings. The van der Waals surface area contributed by atoms with Gasteiger partial charge in [0.15, 0.2) is 5.82 Å². The van der Waals surface area contributed by atoms with E-state index in [2.05, 4.69) is 32.3 Å². The minimum Gasteiger partial charge on any atom is -0.396 e. The maximum Gasteiger partial charge on any atom is 0.163 e. The average Bonchev–Trinajstić information content (AvgIpc) is 3.36. The molecule has 0 spiro atoms. The van der Waals surface area contributed by atoms with Crippen molar-refractivity contribution in [3.63, 3.8) is 0 Å². The van der Waals surface area contributed by atoms with Gasteiger partial charge in [-0.3, -0.25) is 0 Å². The van der Waals surface area contributed by atoms with E-state index in [1.165, 1.54) is 31.0 Å². The van der Waals surface area contributed by atoms with Gasteiger partial charge in [0.05, 0.1) is 10.5 Å². The number of nitrogens with one attached hydrogen (secondary N) is 1. The van der Waals surface area contributed by atoms with Crippen LogP contribution < -0.4 is 5.32 Å². The molecule has 3 aliphatic rings. The van der Waals surface area contributed by atoms with Crippen LogP contribution in [0, 0.1) is 29.0 Å². The van der Waals surface area contributed by atoms with Crippen LogP contribution in [0.2, 0.25) is 0 Å². The van der Waals surface area contributed by atoms with E-state index >= 15 is 4.39 Å². The van der Waals surface area contributed by atoms with Crippen LogP contribution in [-0.4, -0.2) is 29.0 Å². The number of aryl methyl sites for hydroxylation is 1. The van der Waals surface area contributed by atoms with Gasteiger partial charge >= 0.3 is 0 Å². The third-order valence-corrected chi connectivity index (χ3v) is 8.01. The van der Waals surface area contributed by atoms with Crippen LogP contribution in [0.1, 0.15) is 43.2 Å². The smallest absolute Gasteiger partial charge is 0.163 e. The molecular formula is C22H25BrFN3OS. The van der Waals surface area contributed by atoms with E-state index in [0.717, 1.165) is 27.2 Å². The van der Waals surface area contributed by atoms with E-state index < -0.39 is 0 Å². The lowest BCUT2D eigenvalue weighted by atomic mass is 9.78. The van der Waals surface area contributed by atoms with Crippen molar-refractivity contribution >= 4 is 44.3 Å². The van der Waals surface area contributed by atoms with Gasteiger partial charge in [0.2, 0.25) is 0 Å². The summed E-state index contributed by atoms with van der Waals surface area (Å²) < 4.78 is 15.7. The topological polar surface area (TPSA) is 68.9 Å². The van der Waals surface area contributed by atoms with Crippen molar-refractivity contribution in [3.05, 3.63) is 27.5 Å².